The Balaban J connectivity index is 0.000000132. The van der Waals surface area contributed by atoms with Crippen LogP contribution in [0.4, 0.5) is 0 Å². The number of rotatable bonds is 2. The Morgan fingerprint density at radius 2 is 1.10 bits per heavy atom. The normalized spacial score (nSPS) is 11.0. The molecule has 6 aromatic carbocycles. The molecule has 0 bridgehead atoms. The molecule has 3 aromatic heterocycles. The summed E-state index contributed by atoms with van der Waals surface area (Å²) in [5, 5.41) is 7.73. The van der Waals surface area contributed by atoms with Crippen molar-refractivity contribution in [1.82, 2.24) is 15.0 Å². The fourth-order valence-corrected chi connectivity index (χ4v) is 7.18. The third-order valence-electron chi connectivity index (χ3n) is 8.31. The third kappa shape index (κ3) is 6.85. The van der Waals surface area contributed by atoms with Gasteiger partial charge in [0.2, 0.25) is 0 Å². The molecule has 5 heteroatoms. The molecule has 0 atom stereocenters. The maximum atomic E-state index is 4.70. The smallest absolute Gasteiger partial charge is 0.305 e. The van der Waals surface area contributed by atoms with Crippen molar-refractivity contribution in [2.24, 2.45) is 0 Å². The second kappa shape index (κ2) is 15.4. The molecule has 0 spiro atoms. The van der Waals surface area contributed by atoms with Crippen molar-refractivity contribution in [1.29, 1.82) is 0 Å². The van der Waals surface area contributed by atoms with Gasteiger partial charge in [-0.2, -0.15) is 0 Å². The zero-order chi connectivity index (χ0) is 32.8. The standard InChI is InChI=1S/C23H12NS.2C11H8N.Ir/c1-2-6-15-14(5-1)9-10-16-17-11-12-24-23-18-7-3-4-8-20(18)25-21(22(17)23)13-19(15)16;2*1-2-6-10(7-3-1)11-8-4-5-9-12-11;/h1-6,8-13H;2*1-6,8-9H;/q3*-1;+3. The number of fused-ring (bicyclic) bond motifs is 6. The minimum atomic E-state index is 0. The van der Waals surface area contributed by atoms with Crippen molar-refractivity contribution in [2.45, 2.75) is 9.79 Å². The van der Waals surface area contributed by atoms with E-state index in [1.807, 2.05) is 115 Å². The molecule has 0 amide bonds. The van der Waals surface area contributed by atoms with Gasteiger partial charge in [0.1, 0.15) is 0 Å². The van der Waals surface area contributed by atoms with E-state index in [2.05, 4.69) is 82.8 Å². The maximum absolute atomic E-state index is 4.70. The third-order valence-corrected chi connectivity index (χ3v) is 9.41. The van der Waals surface area contributed by atoms with Gasteiger partial charge in [0.25, 0.3) is 0 Å². The topological polar surface area (TPSA) is 38.7 Å². The van der Waals surface area contributed by atoms with Crippen LogP contribution in [0.1, 0.15) is 0 Å². The number of aromatic nitrogens is 3. The van der Waals surface area contributed by atoms with Crippen LogP contribution < -0.4 is 0 Å². The summed E-state index contributed by atoms with van der Waals surface area (Å²) in [6.45, 7) is 0. The van der Waals surface area contributed by atoms with Crippen molar-refractivity contribution in [3.63, 3.8) is 0 Å². The Bertz CT molecular complexity index is 2360. The van der Waals surface area contributed by atoms with Crippen molar-refractivity contribution in [3.8, 4) is 33.8 Å². The van der Waals surface area contributed by atoms with Gasteiger partial charge in [0, 0.05) is 23.5 Å². The van der Waals surface area contributed by atoms with Gasteiger partial charge in [-0.15, -0.1) is 113 Å². The Morgan fingerprint density at radius 1 is 0.440 bits per heavy atom. The number of pyridine rings is 3. The van der Waals surface area contributed by atoms with Crippen LogP contribution in [-0.2, 0) is 20.1 Å². The summed E-state index contributed by atoms with van der Waals surface area (Å²) in [5.41, 5.74) is 6.19. The van der Waals surface area contributed by atoms with Gasteiger partial charge >= 0.3 is 20.1 Å². The molecule has 4 heterocycles. The Kier molecular flexibility index (Phi) is 10.2. The molecule has 9 aromatic rings. The Labute approximate surface area is 309 Å². The fraction of sp³-hybridized carbons (Fsp3) is 0. The zero-order valence-electron chi connectivity index (χ0n) is 26.7. The first-order valence-electron chi connectivity index (χ1n) is 16.0. The van der Waals surface area contributed by atoms with Gasteiger partial charge in [-0.25, -0.2) is 0 Å². The molecule has 0 fully saturated rings. The van der Waals surface area contributed by atoms with Crippen LogP contribution in [0.5, 0.6) is 0 Å². The summed E-state index contributed by atoms with van der Waals surface area (Å²) in [4.78, 5) is 15.7. The first-order valence-corrected chi connectivity index (χ1v) is 16.8. The number of hydrogen-bond acceptors (Lipinski definition) is 4. The predicted octanol–water partition coefficient (Wildman–Crippen LogP) is 11.6. The molecule has 3 nitrogen and oxygen atoms in total. The molecule has 0 N–H and O–H groups in total. The van der Waals surface area contributed by atoms with Crippen molar-refractivity contribution in [2.75, 3.05) is 0 Å². The molecule has 1 aliphatic rings. The number of hydrogen-bond donors (Lipinski definition) is 0. The van der Waals surface area contributed by atoms with E-state index >= 15 is 0 Å². The van der Waals surface area contributed by atoms with E-state index < -0.39 is 0 Å². The molecule has 50 heavy (non-hydrogen) atoms. The molecule has 0 radical (unpaired) electrons. The van der Waals surface area contributed by atoms with Gasteiger partial charge < -0.3 is 15.0 Å². The van der Waals surface area contributed by atoms with Gasteiger partial charge in [0.15, 0.2) is 0 Å². The number of benzene rings is 6. The average molecular weight is 835 g/mol. The van der Waals surface area contributed by atoms with Gasteiger partial charge in [-0.3, -0.25) is 0 Å². The van der Waals surface area contributed by atoms with Gasteiger partial charge in [-0.05, 0) is 73.7 Å². The second-order valence-corrected chi connectivity index (χ2v) is 12.4. The number of nitrogens with zero attached hydrogens (tertiary/aromatic N) is 3. The monoisotopic (exact) mass is 835 g/mol. The molecule has 0 saturated carbocycles. The molecule has 0 unspecified atom stereocenters. The van der Waals surface area contributed by atoms with Crippen LogP contribution in [0.3, 0.4) is 0 Å². The summed E-state index contributed by atoms with van der Waals surface area (Å²) in [7, 11) is 0. The van der Waals surface area contributed by atoms with Crippen LogP contribution in [0.2, 0.25) is 0 Å². The van der Waals surface area contributed by atoms with E-state index in [0.717, 1.165) is 33.8 Å². The molecular formula is C45H28IrN3S. The minimum Gasteiger partial charge on any atom is -0.305 e. The maximum Gasteiger partial charge on any atom is 3.00 e. The summed E-state index contributed by atoms with van der Waals surface area (Å²) in [6.07, 6.45) is 5.50. The second-order valence-electron chi connectivity index (χ2n) is 11.3. The van der Waals surface area contributed by atoms with Crippen LogP contribution >= 0.6 is 11.8 Å². The fourth-order valence-electron chi connectivity index (χ4n) is 6.05. The Morgan fingerprint density at radius 3 is 1.76 bits per heavy atom. The molecule has 0 aliphatic carbocycles. The minimum absolute atomic E-state index is 0. The van der Waals surface area contributed by atoms with E-state index in [4.69, 9.17) is 4.98 Å². The van der Waals surface area contributed by atoms with Crippen molar-refractivity contribution < 1.29 is 20.1 Å². The van der Waals surface area contributed by atoms with Crippen LogP contribution in [0, 0.1) is 18.2 Å². The summed E-state index contributed by atoms with van der Waals surface area (Å²) < 4.78 is 0. The summed E-state index contributed by atoms with van der Waals surface area (Å²) in [6, 6.07) is 60.8. The van der Waals surface area contributed by atoms with E-state index in [-0.39, 0.29) is 20.1 Å². The summed E-state index contributed by atoms with van der Waals surface area (Å²) in [5.74, 6) is 0. The molecule has 238 valence electrons. The molecular weight excluding hydrogens is 807 g/mol. The van der Waals surface area contributed by atoms with Crippen LogP contribution in [0.25, 0.3) is 66.1 Å². The molecule has 10 rings (SSSR count). The summed E-state index contributed by atoms with van der Waals surface area (Å²) >= 11 is 1.83. The van der Waals surface area contributed by atoms with E-state index in [9.17, 15) is 0 Å². The predicted molar refractivity (Wildman–Crippen MR) is 202 cm³/mol. The van der Waals surface area contributed by atoms with Crippen molar-refractivity contribution in [3.05, 3.63) is 188 Å². The zero-order valence-corrected chi connectivity index (χ0v) is 30.0. The molecule has 0 saturated heterocycles. The quantitative estimate of drug-likeness (QED) is 0.128. The largest absolute Gasteiger partial charge is 3.00 e. The van der Waals surface area contributed by atoms with Gasteiger partial charge in [0.05, 0.1) is 0 Å². The average Bonchev–Trinajstić information content (AvgIpc) is 3.20. The van der Waals surface area contributed by atoms with Crippen LogP contribution in [0.15, 0.2) is 180 Å². The van der Waals surface area contributed by atoms with Gasteiger partial charge in [-0.1, -0.05) is 65.6 Å². The Hall–Kier alpha value is -5.45. The molecule has 1 aliphatic heterocycles. The first kappa shape index (κ1) is 33.1. The first-order chi connectivity index (χ1) is 24.3. The van der Waals surface area contributed by atoms with Crippen molar-refractivity contribution >= 4 is 44.1 Å². The van der Waals surface area contributed by atoms with E-state index in [0.29, 0.717) is 0 Å². The SMILES string of the molecule is [Ir+3].[c-]1cccc2c1-c1nccc3c1c(cc1c4ccccc4ccc31)S2.[c-]1ccccc1-c1ccccn1.[c-]1ccccc1-c1ccccn1. The van der Waals surface area contributed by atoms with Crippen LogP contribution in [-0.4, -0.2) is 15.0 Å². The van der Waals surface area contributed by atoms with E-state index in [1.54, 1.807) is 12.4 Å². The van der Waals surface area contributed by atoms with E-state index in [1.165, 1.54) is 42.1 Å².